The highest BCUT2D eigenvalue weighted by molar-refractivity contribution is 6.22. The smallest absolute Gasteiger partial charge is 0.302 e. The van der Waals surface area contributed by atoms with Gasteiger partial charge >= 0.3 is 11.9 Å². The number of benzene rings is 6. The maximum atomic E-state index is 14.6. The number of hydrogen-bond acceptors (Lipinski definition) is 16. The molecule has 1 aliphatic carbocycles. The lowest BCUT2D eigenvalue weighted by Gasteiger charge is -2.38. The molecule has 2 atom stereocenters. The Labute approximate surface area is 497 Å². The number of imide groups is 2. The summed E-state index contributed by atoms with van der Waals surface area (Å²) in [6.07, 6.45) is 4.80. The Morgan fingerprint density at radius 3 is 0.814 bits per heavy atom. The predicted octanol–water partition coefficient (Wildman–Crippen LogP) is 12.4. The zero-order valence-electron chi connectivity index (χ0n) is 49.0. The number of rotatable bonds is 16. The molecule has 6 aliphatic heterocycles. The van der Waals surface area contributed by atoms with Gasteiger partial charge in [-0.3, -0.25) is 38.6 Å². The number of carbonyl (C=O) groups excluding carboxylic acids is 6. The monoisotopic (exact) mass is 1170 g/mol. The standard InChI is InChI=1S/C68H66N2O16/c1-7-15-37-45-23-47-38(16-8-2)49-25-51-40(18-10-4)52-26-50-39(17-9-3)48-24-46(37)58-54(28-70-67(75)43-21-13-14-22-44(43)68(70)76)60(48)82-33-84-62(50)56(30-78-36(6)72)64(52)86-34-85-63(51)55(29-77-35(5)71)61(49)83-32-81-59(47)53(57(45)79-31-80-58)27-69-65(73)41-19-11-12-20-42(41)66(69)74/h11-14,19-26,37-40H,7-10,15-18,27-34H2,1-6H3. The molecular weight excluding hydrogens is 1100 g/mol. The highest BCUT2D eigenvalue weighted by Gasteiger charge is 2.45. The molecule has 13 rings (SSSR count). The fourth-order valence-corrected chi connectivity index (χ4v) is 14.1. The second-order valence-corrected chi connectivity index (χ2v) is 22.8. The first-order chi connectivity index (χ1) is 41.8. The van der Waals surface area contributed by atoms with Crippen molar-refractivity contribution >= 4 is 35.6 Å². The molecule has 7 aliphatic rings. The second-order valence-electron chi connectivity index (χ2n) is 22.8. The van der Waals surface area contributed by atoms with E-state index < -0.39 is 66.0 Å². The number of nitrogens with zero attached hydrogens (tertiary/aromatic N) is 2. The summed E-state index contributed by atoms with van der Waals surface area (Å²) in [5.41, 5.74) is 8.91. The highest BCUT2D eigenvalue weighted by Crippen LogP contribution is 2.59. The lowest BCUT2D eigenvalue weighted by atomic mass is 9.74. The largest absolute Gasteiger partial charge is 0.461 e. The van der Waals surface area contributed by atoms with Gasteiger partial charge in [-0.2, -0.15) is 0 Å². The van der Waals surface area contributed by atoms with E-state index in [0.29, 0.717) is 120 Å². The molecule has 0 saturated heterocycles. The van der Waals surface area contributed by atoms with Crippen LogP contribution in [0.15, 0.2) is 72.8 Å². The van der Waals surface area contributed by atoms with Crippen LogP contribution in [0.5, 0.6) is 46.0 Å². The topological polar surface area (TPSA) is 201 Å². The van der Waals surface area contributed by atoms with Gasteiger partial charge in [0.2, 0.25) is 27.2 Å². The van der Waals surface area contributed by atoms with Crippen LogP contribution in [0.4, 0.5) is 0 Å². The van der Waals surface area contributed by atoms with Crippen LogP contribution in [-0.2, 0) is 45.4 Å². The van der Waals surface area contributed by atoms with Crippen LogP contribution in [0.25, 0.3) is 0 Å². The first-order valence-corrected chi connectivity index (χ1v) is 29.8. The fourth-order valence-electron chi connectivity index (χ4n) is 14.1. The number of hydrogen-bond donors (Lipinski definition) is 0. The Kier molecular flexibility index (Phi) is 14.8. The Morgan fingerprint density at radius 2 is 0.605 bits per heavy atom. The van der Waals surface area contributed by atoms with Gasteiger partial charge in [0.05, 0.1) is 57.6 Å². The maximum absolute atomic E-state index is 14.6. The Bertz CT molecular complexity index is 3540. The van der Waals surface area contributed by atoms with Gasteiger partial charge in [0.15, 0.2) is 0 Å². The molecule has 0 saturated carbocycles. The molecule has 444 valence electrons. The van der Waals surface area contributed by atoms with Crippen molar-refractivity contribution in [2.75, 3.05) is 27.2 Å². The molecular formula is C68H66N2O16. The van der Waals surface area contributed by atoms with Gasteiger partial charge in [-0.1, -0.05) is 77.6 Å². The summed E-state index contributed by atoms with van der Waals surface area (Å²) in [7, 11) is 0. The van der Waals surface area contributed by atoms with Crippen LogP contribution in [0.3, 0.4) is 0 Å². The van der Waals surface area contributed by atoms with Gasteiger partial charge in [-0.05, 0) is 74.2 Å². The van der Waals surface area contributed by atoms with E-state index in [0.717, 1.165) is 44.5 Å². The van der Waals surface area contributed by atoms with Gasteiger partial charge in [0.1, 0.15) is 59.2 Å². The third kappa shape index (κ3) is 9.21. The van der Waals surface area contributed by atoms with Crippen molar-refractivity contribution in [1.29, 1.82) is 0 Å². The predicted molar refractivity (Wildman–Crippen MR) is 309 cm³/mol. The summed E-state index contributed by atoms with van der Waals surface area (Å²) in [6, 6.07) is 22.1. The summed E-state index contributed by atoms with van der Waals surface area (Å²) in [5, 5.41) is 0. The van der Waals surface area contributed by atoms with Crippen LogP contribution in [0.1, 0.15) is 225 Å². The molecule has 4 amide bonds. The molecule has 86 heavy (non-hydrogen) atoms. The molecule has 8 bridgehead atoms. The van der Waals surface area contributed by atoms with E-state index in [1.165, 1.54) is 23.6 Å². The molecule has 0 N–H and O–H groups in total. The van der Waals surface area contributed by atoms with E-state index in [1.807, 2.05) is 0 Å². The minimum absolute atomic E-state index is 0.225. The minimum atomic E-state index is -0.571. The van der Waals surface area contributed by atoms with Crippen LogP contribution in [0, 0.1) is 0 Å². The van der Waals surface area contributed by atoms with Crippen molar-refractivity contribution in [3.8, 4) is 46.0 Å². The van der Waals surface area contributed by atoms with Crippen molar-refractivity contribution < 1.29 is 76.1 Å². The lowest BCUT2D eigenvalue weighted by Crippen LogP contribution is -2.32. The summed E-state index contributed by atoms with van der Waals surface area (Å²) < 4.78 is 67.0. The normalized spacial score (nSPS) is 18.9. The quantitative estimate of drug-likeness (QED) is 0.0653. The SMILES string of the molecule is CCCC1c2cc3c4c(COC(C)=O)c2OCOc2c1cc1c(c2COC(C)=O)OCOc2c(cc5c(c2CN2C(=O)c6ccccc6C2=O)OCOc2c(cc(c(c2CN2C(=O)c6ccccc6C2=O)OCO4)C3CCC)C5CCC)C1CCC. The van der Waals surface area contributed by atoms with Crippen molar-refractivity contribution in [2.45, 2.75) is 143 Å². The molecule has 18 nitrogen and oxygen atoms in total. The number of esters is 2. The summed E-state index contributed by atoms with van der Waals surface area (Å²) in [6.45, 7) is 8.66. The average molecular weight is 1170 g/mol. The van der Waals surface area contributed by atoms with Gasteiger partial charge < -0.3 is 47.4 Å². The zero-order valence-corrected chi connectivity index (χ0v) is 49.0. The first kappa shape index (κ1) is 56.1. The van der Waals surface area contributed by atoms with E-state index in [9.17, 15) is 28.8 Å². The van der Waals surface area contributed by atoms with Crippen LogP contribution < -0.4 is 37.9 Å². The summed E-state index contributed by atoms with van der Waals surface area (Å²) in [4.78, 5) is 86.8. The van der Waals surface area contributed by atoms with E-state index in [-0.39, 0.29) is 68.9 Å². The van der Waals surface area contributed by atoms with E-state index in [4.69, 9.17) is 47.4 Å². The number of ether oxygens (including phenoxy) is 10. The zero-order chi connectivity index (χ0) is 59.7. The molecule has 0 radical (unpaired) electrons. The van der Waals surface area contributed by atoms with Gasteiger partial charge in [-0.25, -0.2) is 0 Å². The third-order valence-corrected chi connectivity index (χ3v) is 17.7. The van der Waals surface area contributed by atoms with Crippen molar-refractivity contribution in [1.82, 2.24) is 9.80 Å². The maximum Gasteiger partial charge on any atom is 0.302 e. The van der Waals surface area contributed by atoms with Gasteiger partial charge in [0.25, 0.3) is 23.6 Å². The summed E-state index contributed by atoms with van der Waals surface area (Å²) >= 11 is 0. The Balaban J connectivity index is 1.18. The molecule has 18 heteroatoms. The second kappa shape index (κ2) is 22.7. The van der Waals surface area contributed by atoms with Gasteiger partial charge in [0, 0.05) is 82.0 Å². The van der Waals surface area contributed by atoms with Crippen molar-refractivity contribution in [3.05, 3.63) is 162 Å². The number of amides is 4. The molecule has 0 fully saturated rings. The molecule has 6 heterocycles. The minimum Gasteiger partial charge on any atom is -0.461 e. The van der Waals surface area contributed by atoms with E-state index >= 15 is 0 Å². The summed E-state index contributed by atoms with van der Waals surface area (Å²) in [5.74, 6) is -1.97. The van der Waals surface area contributed by atoms with Crippen LogP contribution in [-0.4, -0.2) is 72.5 Å². The fraction of sp³-hybridized carbons (Fsp3) is 0.382. The molecule has 6 aromatic carbocycles. The Hall–Kier alpha value is -9.06. The molecule has 0 aromatic heterocycles. The molecule has 2 unspecified atom stereocenters. The number of carbonyl (C=O) groups is 6. The Morgan fingerprint density at radius 1 is 0.384 bits per heavy atom. The van der Waals surface area contributed by atoms with Crippen LogP contribution >= 0.6 is 0 Å². The number of fused-ring (bicyclic) bond motifs is 2. The van der Waals surface area contributed by atoms with Crippen molar-refractivity contribution in [3.63, 3.8) is 0 Å². The lowest BCUT2D eigenvalue weighted by molar-refractivity contribution is -0.143. The molecule has 6 aromatic rings. The first-order valence-electron chi connectivity index (χ1n) is 29.8. The molecule has 0 spiro atoms. The van der Waals surface area contributed by atoms with Crippen molar-refractivity contribution in [2.24, 2.45) is 0 Å². The van der Waals surface area contributed by atoms with Crippen LogP contribution in [0.2, 0.25) is 0 Å². The highest BCUT2D eigenvalue weighted by atomic mass is 16.7. The van der Waals surface area contributed by atoms with E-state index in [1.54, 1.807) is 48.5 Å². The third-order valence-electron chi connectivity index (χ3n) is 17.7. The average Bonchev–Trinajstić information content (AvgIpc) is 1.95. The van der Waals surface area contributed by atoms with E-state index in [2.05, 4.69) is 52.0 Å². The van der Waals surface area contributed by atoms with Gasteiger partial charge in [-0.15, -0.1) is 0 Å².